The Morgan fingerprint density at radius 2 is 1.72 bits per heavy atom. The van der Waals surface area contributed by atoms with Crippen molar-refractivity contribution in [1.82, 2.24) is 5.43 Å². The van der Waals surface area contributed by atoms with Crippen LogP contribution < -0.4 is 16.5 Å². The maximum absolute atomic E-state index is 12.2. The fourth-order valence-corrected chi connectivity index (χ4v) is 2.01. The number of hydrogen-bond acceptors (Lipinski definition) is 4. The molecule has 0 saturated heterocycles. The van der Waals surface area contributed by atoms with Crippen LogP contribution in [0.4, 0.5) is 5.69 Å². The van der Waals surface area contributed by atoms with Gasteiger partial charge in [0.2, 0.25) is 0 Å². The highest BCUT2D eigenvalue weighted by atomic mass is 35.5. The molecule has 0 saturated carbocycles. The number of hydrazone groups is 1. The minimum absolute atomic E-state index is 0.287. The van der Waals surface area contributed by atoms with E-state index in [2.05, 4.69) is 10.4 Å². The smallest absolute Gasteiger partial charge is 0.329 e. The van der Waals surface area contributed by atoms with Gasteiger partial charge < -0.3 is 11.1 Å². The van der Waals surface area contributed by atoms with Crippen LogP contribution in [0.5, 0.6) is 0 Å². The predicted octanol–water partition coefficient (Wildman–Crippen LogP) is 1.92. The van der Waals surface area contributed by atoms with Crippen LogP contribution in [0, 0.1) is 0 Å². The summed E-state index contributed by atoms with van der Waals surface area (Å²) in [6, 6.07) is 13.4. The van der Waals surface area contributed by atoms with Crippen LogP contribution >= 0.6 is 11.6 Å². The topological polar surface area (TPSA) is 114 Å². The van der Waals surface area contributed by atoms with Crippen molar-refractivity contribution in [2.45, 2.75) is 6.92 Å². The van der Waals surface area contributed by atoms with E-state index in [1.807, 2.05) is 5.43 Å². The van der Waals surface area contributed by atoms with Crippen LogP contribution in [0.1, 0.15) is 22.8 Å². The van der Waals surface area contributed by atoms with E-state index in [-0.39, 0.29) is 5.91 Å². The quantitative estimate of drug-likeness (QED) is 0.440. The first kappa shape index (κ1) is 18.2. The van der Waals surface area contributed by atoms with Gasteiger partial charge in [-0.3, -0.25) is 14.4 Å². The molecule has 3 amide bonds. The zero-order chi connectivity index (χ0) is 18.4. The molecule has 0 aliphatic carbocycles. The highest BCUT2D eigenvalue weighted by molar-refractivity contribution is 6.34. The minimum Gasteiger partial charge on any atom is -0.361 e. The van der Waals surface area contributed by atoms with Gasteiger partial charge in [-0.2, -0.15) is 5.10 Å². The summed E-state index contributed by atoms with van der Waals surface area (Å²) < 4.78 is 0. The Morgan fingerprint density at radius 1 is 1.04 bits per heavy atom. The molecule has 0 aliphatic rings. The van der Waals surface area contributed by atoms with E-state index in [1.165, 1.54) is 0 Å². The second kappa shape index (κ2) is 8.07. The Bertz CT molecular complexity index is 847. The highest BCUT2D eigenvalue weighted by Gasteiger charge is 2.09. The fraction of sp³-hybridized carbons (Fsp3) is 0.0588. The van der Waals surface area contributed by atoms with Gasteiger partial charge in [0.15, 0.2) is 0 Å². The monoisotopic (exact) mass is 358 g/mol. The van der Waals surface area contributed by atoms with Crippen molar-refractivity contribution >= 4 is 40.7 Å². The summed E-state index contributed by atoms with van der Waals surface area (Å²) in [5.41, 5.74) is 8.98. The normalized spacial score (nSPS) is 10.9. The number of amides is 3. The van der Waals surface area contributed by atoms with Crippen LogP contribution in [-0.2, 0) is 9.59 Å². The van der Waals surface area contributed by atoms with Crippen LogP contribution in [0.25, 0.3) is 0 Å². The van der Waals surface area contributed by atoms with E-state index in [0.29, 0.717) is 27.5 Å². The van der Waals surface area contributed by atoms with Crippen LogP contribution in [0.3, 0.4) is 0 Å². The van der Waals surface area contributed by atoms with Gasteiger partial charge in [0.25, 0.3) is 5.91 Å². The molecule has 8 heteroatoms. The van der Waals surface area contributed by atoms with Gasteiger partial charge in [-0.1, -0.05) is 23.7 Å². The maximum Gasteiger partial charge on any atom is 0.329 e. The summed E-state index contributed by atoms with van der Waals surface area (Å²) in [7, 11) is 0. The average Bonchev–Trinajstić information content (AvgIpc) is 2.60. The lowest BCUT2D eigenvalue weighted by Gasteiger charge is -2.08. The average molecular weight is 359 g/mol. The van der Waals surface area contributed by atoms with E-state index in [9.17, 15) is 14.4 Å². The van der Waals surface area contributed by atoms with Crippen molar-refractivity contribution in [1.29, 1.82) is 0 Å². The number of carbonyl (C=O) groups is 3. The molecule has 0 unspecified atom stereocenters. The molecule has 0 bridgehead atoms. The van der Waals surface area contributed by atoms with Crippen LogP contribution in [0.2, 0.25) is 5.02 Å². The van der Waals surface area contributed by atoms with Crippen molar-refractivity contribution in [3.8, 4) is 0 Å². The number of nitrogens with zero attached hydrogens (tertiary/aromatic N) is 1. The van der Waals surface area contributed by atoms with Crippen LogP contribution in [0.15, 0.2) is 53.6 Å². The number of carbonyl (C=O) groups excluding carboxylic acids is 3. The number of primary amides is 1. The molecule has 0 aromatic heterocycles. The summed E-state index contributed by atoms with van der Waals surface area (Å²) in [5.74, 6) is -2.42. The number of rotatable bonds is 4. The third kappa shape index (κ3) is 5.15. The molecule has 4 N–H and O–H groups in total. The number of benzene rings is 2. The summed E-state index contributed by atoms with van der Waals surface area (Å²) >= 11 is 5.80. The number of halogens is 1. The third-order valence-electron chi connectivity index (χ3n) is 3.19. The summed E-state index contributed by atoms with van der Waals surface area (Å²) in [4.78, 5) is 34.0. The predicted molar refractivity (Wildman–Crippen MR) is 95.4 cm³/mol. The first-order chi connectivity index (χ1) is 11.9. The third-order valence-corrected chi connectivity index (χ3v) is 3.45. The molecule has 2 aromatic carbocycles. The largest absolute Gasteiger partial charge is 0.361 e. The van der Waals surface area contributed by atoms with E-state index >= 15 is 0 Å². The van der Waals surface area contributed by atoms with Crippen molar-refractivity contribution < 1.29 is 14.4 Å². The number of nitrogens with two attached hydrogens (primary N) is 1. The SMILES string of the molecule is C/C(=N/NC(=O)C(N)=O)c1cccc(NC(=O)c2ccc(Cl)cc2)c1. The number of anilines is 1. The molecule has 2 rings (SSSR count). The van der Waals surface area contributed by atoms with E-state index < -0.39 is 11.8 Å². The van der Waals surface area contributed by atoms with Gasteiger partial charge in [0.1, 0.15) is 0 Å². The Balaban J connectivity index is 2.11. The molecule has 0 atom stereocenters. The molecule has 25 heavy (non-hydrogen) atoms. The summed E-state index contributed by atoms with van der Waals surface area (Å²) in [6.07, 6.45) is 0. The Labute approximate surface area is 148 Å². The molecular formula is C17H15ClN4O3. The van der Waals surface area contributed by atoms with Gasteiger partial charge >= 0.3 is 11.8 Å². The van der Waals surface area contributed by atoms with E-state index in [1.54, 1.807) is 55.5 Å². The lowest BCUT2D eigenvalue weighted by Crippen LogP contribution is -2.33. The van der Waals surface area contributed by atoms with Crippen molar-refractivity contribution in [2.75, 3.05) is 5.32 Å². The van der Waals surface area contributed by atoms with Gasteiger partial charge in [-0.15, -0.1) is 0 Å². The Hall–Kier alpha value is -3.19. The zero-order valence-electron chi connectivity index (χ0n) is 13.2. The van der Waals surface area contributed by atoms with Crippen molar-refractivity contribution in [3.05, 3.63) is 64.7 Å². The van der Waals surface area contributed by atoms with Crippen molar-refractivity contribution in [2.24, 2.45) is 10.8 Å². The van der Waals surface area contributed by atoms with Crippen molar-refractivity contribution in [3.63, 3.8) is 0 Å². The van der Waals surface area contributed by atoms with Gasteiger partial charge in [-0.05, 0) is 48.9 Å². The summed E-state index contributed by atoms with van der Waals surface area (Å²) in [6.45, 7) is 1.64. The van der Waals surface area contributed by atoms with E-state index in [4.69, 9.17) is 17.3 Å². The standard InChI is InChI=1S/C17H15ClN4O3/c1-10(21-22-17(25)15(19)23)12-3-2-4-14(9-12)20-16(24)11-5-7-13(18)8-6-11/h2-9H,1H3,(H2,19,23)(H,20,24)(H,22,25)/b21-10-. The lowest BCUT2D eigenvalue weighted by molar-refractivity contribution is -0.137. The molecule has 0 spiro atoms. The van der Waals surface area contributed by atoms with Crippen LogP contribution in [-0.4, -0.2) is 23.4 Å². The zero-order valence-corrected chi connectivity index (χ0v) is 14.0. The van der Waals surface area contributed by atoms with Gasteiger partial charge in [-0.25, -0.2) is 5.43 Å². The lowest BCUT2D eigenvalue weighted by atomic mass is 10.1. The molecule has 0 fully saturated rings. The van der Waals surface area contributed by atoms with E-state index in [0.717, 1.165) is 0 Å². The fourth-order valence-electron chi connectivity index (χ4n) is 1.88. The summed E-state index contributed by atoms with van der Waals surface area (Å²) in [5, 5.41) is 7.09. The molecular weight excluding hydrogens is 344 g/mol. The minimum atomic E-state index is -1.12. The Morgan fingerprint density at radius 3 is 2.36 bits per heavy atom. The number of hydrogen-bond donors (Lipinski definition) is 3. The second-order valence-corrected chi connectivity index (χ2v) is 5.48. The molecule has 128 valence electrons. The van der Waals surface area contributed by atoms with Gasteiger partial charge in [0.05, 0.1) is 5.71 Å². The van der Waals surface area contributed by atoms with Gasteiger partial charge in [0, 0.05) is 16.3 Å². The second-order valence-electron chi connectivity index (χ2n) is 5.04. The first-order valence-electron chi connectivity index (χ1n) is 7.18. The highest BCUT2D eigenvalue weighted by Crippen LogP contribution is 2.15. The molecule has 0 aliphatic heterocycles. The molecule has 2 aromatic rings. The Kier molecular flexibility index (Phi) is 5.86. The first-order valence-corrected chi connectivity index (χ1v) is 7.56. The molecule has 0 radical (unpaired) electrons. The molecule has 7 nitrogen and oxygen atoms in total. The number of nitrogens with one attached hydrogen (secondary N) is 2. The molecule has 0 heterocycles. The maximum atomic E-state index is 12.2.